The summed E-state index contributed by atoms with van der Waals surface area (Å²) >= 11 is 7.17. The highest BCUT2D eigenvalue weighted by atomic mass is 35.5. The van der Waals surface area contributed by atoms with E-state index in [0.29, 0.717) is 45.5 Å². The van der Waals surface area contributed by atoms with Crippen LogP contribution in [-0.4, -0.2) is 34.2 Å². The zero-order chi connectivity index (χ0) is 26.9. The molecule has 0 aliphatic heterocycles. The summed E-state index contributed by atoms with van der Waals surface area (Å²) in [6.45, 7) is 0.664. The van der Waals surface area contributed by atoms with Gasteiger partial charge in [-0.3, -0.25) is 19.0 Å². The van der Waals surface area contributed by atoms with Gasteiger partial charge in [0, 0.05) is 24.5 Å². The van der Waals surface area contributed by atoms with E-state index >= 15 is 0 Å². The van der Waals surface area contributed by atoms with Crippen LogP contribution in [0.15, 0.2) is 82.7 Å². The van der Waals surface area contributed by atoms with Crippen LogP contribution in [0.3, 0.4) is 0 Å². The molecular formula is C28H27ClN4O4S. The molecule has 1 aromatic heterocycles. The zero-order valence-electron chi connectivity index (χ0n) is 20.8. The van der Waals surface area contributed by atoms with Gasteiger partial charge in [-0.05, 0) is 48.4 Å². The number of carbonyl (C=O) groups excluding carboxylic acids is 2. The third kappa shape index (κ3) is 7.14. The van der Waals surface area contributed by atoms with E-state index in [4.69, 9.17) is 16.3 Å². The van der Waals surface area contributed by atoms with Gasteiger partial charge < -0.3 is 15.4 Å². The molecule has 2 amide bonds. The fourth-order valence-electron chi connectivity index (χ4n) is 3.85. The van der Waals surface area contributed by atoms with Crippen molar-refractivity contribution in [1.29, 1.82) is 0 Å². The molecule has 0 radical (unpaired) electrons. The van der Waals surface area contributed by atoms with Gasteiger partial charge in [-0.15, -0.1) is 0 Å². The van der Waals surface area contributed by atoms with Crippen molar-refractivity contribution in [2.24, 2.45) is 0 Å². The highest BCUT2D eigenvalue weighted by Crippen LogP contribution is 2.24. The van der Waals surface area contributed by atoms with Gasteiger partial charge in [0.2, 0.25) is 11.8 Å². The Labute approximate surface area is 229 Å². The summed E-state index contributed by atoms with van der Waals surface area (Å²) < 4.78 is 6.82. The third-order valence-corrected chi connectivity index (χ3v) is 6.92. The van der Waals surface area contributed by atoms with Gasteiger partial charge in [0.25, 0.3) is 5.56 Å². The summed E-state index contributed by atoms with van der Waals surface area (Å²) in [5.74, 6) is 0.217. The first-order valence-electron chi connectivity index (χ1n) is 12.0. The van der Waals surface area contributed by atoms with Crippen LogP contribution in [-0.2, 0) is 22.7 Å². The second-order valence-corrected chi connectivity index (χ2v) is 9.79. The number of para-hydroxylation sites is 3. The molecule has 0 unspecified atom stereocenters. The Bertz CT molecular complexity index is 1510. The van der Waals surface area contributed by atoms with Crippen LogP contribution in [0.1, 0.15) is 18.4 Å². The Balaban J connectivity index is 1.41. The van der Waals surface area contributed by atoms with Gasteiger partial charge >= 0.3 is 0 Å². The minimum atomic E-state index is -0.256. The summed E-state index contributed by atoms with van der Waals surface area (Å²) in [5, 5.41) is 7.22. The van der Waals surface area contributed by atoms with Crippen molar-refractivity contribution < 1.29 is 14.3 Å². The molecule has 3 aromatic carbocycles. The quantitative estimate of drug-likeness (QED) is 0.204. The van der Waals surface area contributed by atoms with E-state index in [-0.39, 0.29) is 36.1 Å². The van der Waals surface area contributed by atoms with Crippen LogP contribution >= 0.6 is 23.4 Å². The van der Waals surface area contributed by atoms with E-state index in [1.165, 1.54) is 23.4 Å². The molecule has 38 heavy (non-hydrogen) atoms. The number of aromatic nitrogens is 2. The Morgan fingerprint density at radius 1 is 1.03 bits per heavy atom. The van der Waals surface area contributed by atoms with E-state index in [1.807, 2.05) is 24.3 Å². The Hall–Kier alpha value is -3.82. The number of rotatable bonds is 11. The van der Waals surface area contributed by atoms with Crippen molar-refractivity contribution >= 4 is 51.8 Å². The van der Waals surface area contributed by atoms with E-state index in [9.17, 15) is 14.4 Å². The van der Waals surface area contributed by atoms with Crippen molar-refractivity contribution in [3.63, 3.8) is 0 Å². The fraction of sp³-hybridized carbons (Fsp3) is 0.214. The maximum absolute atomic E-state index is 13.3. The maximum atomic E-state index is 13.3. The molecule has 2 N–H and O–H groups in total. The number of hydrogen-bond acceptors (Lipinski definition) is 6. The lowest BCUT2D eigenvalue weighted by molar-refractivity contribution is -0.121. The number of methoxy groups -OCH3 is 1. The summed E-state index contributed by atoms with van der Waals surface area (Å²) in [4.78, 5) is 43.0. The average molecular weight is 551 g/mol. The van der Waals surface area contributed by atoms with Crippen molar-refractivity contribution in [3.05, 3.63) is 93.7 Å². The molecule has 10 heteroatoms. The average Bonchev–Trinajstić information content (AvgIpc) is 2.92. The Kier molecular flexibility index (Phi) is 9.40. The van der Waals surface area contributed by atoms with Crippen LogP contribution in [0.4, 0.5) is 5.69 Å². The molecule has 196 valence electrons. The number of halogens is 1. The SMILES string of the molecule is COc1ccccc1NC(=O)CSc1nc2ccccc2c(=O)n1CCCC(=O)NCc1cccc(Cl)c1. The molecule has 0 fully saturated rings. The lowest BCUT2D eigenvalue weighted by atomic mass is 10.2. The van der Waals surface area contributed by atoms with E-state index in [2.05, 4.69) is 15.6 Å². The molecule has 0 aliphatic carbocycles. The second-order valence-electron chi connectivity index (χ2n) is 8.42. The fourth-order valence-corrected chi connectivity index (χ4v) is 4.89. The molecule has 0 atom stereocenters. The molecular weight excluding hydrogens is 524 g/mol. The minimum Gasteiger partial charge on any atom is -0.495 e. The zero-order valence-corrected chi connectivity index (χ0v) is 22.3. The number of fused-ring (bicyclic) bond motifs is 1. The van der Waals surface area contributed by atoms with Gasteiger partial charge in [-0.1, -0.05) is 59.8 Å². The largest absolute Gasteiger partial charge is 0.495 e. The molecule has 1 heterocycles. The van der Waals surface area contributed by atoms with Crippen molar-refractivity contribution in [1.82, 2.24) is 14.9 Å². The first kappa shape index (κ1) is 27.2. The Morgan fingerprint density at radius 3 is 2.63 bits per heavy atom. The highest BCUT2D eigenvalue weighted by Gasteiger charge is 2.15. The van der Waals surface area contributed by atoms with Crippen molar-refractivity contribution in [2.75, 3.05) is 18.2 Å². The molecule has 4 aromatic rings. The number of amides is 2. The first-order chi connectivity index (χ1) is 18.4. The predicted molar refractivity (Wildman–Crippen MR) is 151 cm³/mol. The number of nitrogens with zero attached hydrogens (tertiary/aromatic N) is 2. The van der Waals surface area contributed by atoms with E-state index in [1.54, 1.807) is 48.5 Å². The van der Waals surface area contributed by atoms with Crippen LogP contribution in [0.25, 0.3) is 10.9 Å². The number of benzene rings is 3. The van der Waals surface area contributed by atoms with E-state index in [0.717, 1.165) is 5.56 Å². The molecule has 8 nitrogen and oxygen atoms in total. The second kappa shape index (κ2) is 13.1. The van der Waals surface area contributed by atoms with Gasteiger partial charge in [0.05, 0.1) is 29.5 Å². The third-order valence-electron chi connectivity index (χ3n) is 5.70. The van der Waals surface area contributed by atoms with Gasteiger partial charge in [-0.25, -0.2) is 4.98 Å². The number of thioether (sulfide) groups is 1. The normalized spacial score (nSPS) is 10.8. The standard InChI is InChI=1S/C28H27ClN4O4S/c1-37-24-13-5-4-12-23(24)31-26(35)18-38-28-32-22-11-3-2-10-21(22)27(36)33(28)15-7-14-25(34)30-17-19-8-6-9-20(29)16-19/h2-6,8-13,16H,7,14-15,17-18H2,1H3,(H,30,34)(H,31,35). The molecule has 0 saturated carbocycles. The number of nitrogens with one attached hydrogen (secondary N) is 2. The number of carbonyl (C=O) groups is 2. The predicted octanol–water partition coefficient (Wildman–Crippen LogP) is 4.89. The molecule has 0 aliphatic rings. The van der Waals surface area contributed by atoms with Crippen molar-refractivity contribution in [2.45, 2.75) is 31.1 Å². The number of ether oxygens (including phenoxy) is 1. The molecule has 0 saturated heterocycles. The van der Waals surface area contributed by atoms with Crippen LogP contribution in [0.5, 0.6) is 5.75 Å². The lowest BCUT2D eigenvalue weighted by Crippen LogP contribution is -2.26. The summed E-state index contributed by atoms with van der Waals surface area (Å²) in [5.41, 5.74) is 1.82. The number of hydrogen-bond donors (Lipinski definition) is 2. The molecule has 4 rings (SSSR count). The Morgan fingerprint density at radius 2 is 1.82 bits per heavy atom. The lowest BCUT2D eigenvalue weighted by Gasteiger charge is -2.14. The summed E-state index contributed by atoms with van der Waals surface area (Å²) in [6.07, 6.45) is 0.667. The van der Waals surface area contributed by atoms with E-state index < -0.39 is 0 Å². The van der Waals surface area contributed by atoms with Gasteiger partial charge in [0.15, 0.2) is 5.16 Å². The van der Waals surface area contributed by atoms with Crippen LogP contribution < -0.4 is 20.9 Å². The van der Waals surface area contributed by atoms with Gasteiger partial charge in [-0.2, -0.15) is 0 Å². The smallest absolute Gasteiger partial charge is 0.262 e. The van der Waals surface area contributed by atoms with Crippen LogP contribution in [0.2, 0.25) is 5.02 Å². The van der Waals surface area contributed by atoms with Gasteiger partial charge in [0.1, 0.15) is 5.75 Å². The first-order valence-corrected chi connectivity index (χ1v) is 13.4. The highest BCUT2D eigenvalue weighted by molar-refractivity contribution is 7.99. The van der Waals surface area contributed by atoms with Crippen molar-refractivity contribution in [3.8, 4) is 5.75 Å². The topological polar surface area (TPSA) is 102 Å². The summed E-state index contributed by atoms with van der Waals surface area (Å²) in [7, 11) is 1.54. The number of anilines is 1. The van der Waals surface area contributed by atoms with Crippen LogP contribution in [0, 0.1) is 0 Å². The molecule has 0 spiro atoms. The maximum Gasteiger partial charge on any atom is 0.262 e. The summed E-state index contributed by atoms with van der Waals surface area (Å²) in [6, 6.07) is 21.5. The minimum absolute atomic E-state index is 0.0446. The molecule has 0 bridgehead atoms. The monoisotopic (exact) mass is 550 g/mol.